The van der Waals surface area contributed by atoms with E-state index in [0.29, 0.717) is 18.0 Å². The van der Waals surface area contributed by atoms with Crippen molar-refractivity contribution < 1.29 is 23.5 Å². The average molecular weight is 370 g/mol. The number of ether oxygens (including phenoxy) is 1. The molecule has 1 N–H and O–H groups in total. The summed E-state index contributed by atoms with van der Waals surface area (Å²) >= 11 is 0. The van der Waals surface area contributed by atoms with Crippen molar-refractivity contribution in [3.63, 3.8) is 0 Å². The van der Waals surface area contributed by atoms with Gasteiger partial charge in [0.15, 0.2) is 6.61 Å². The normalized spacial score (nSPS) is 16.4. The van der Waals surface area contributed by atoms with Gasteiger partial charge in [0.1, 0.15) is 5.76 Å². The third-order valence-corrected chi connectivity index (χ3v) is 4.48. The Labute approximate surface area is 157 Å². The van der Waals surface area contributed by atoms with Crippen molar-refractivity contribution in [3.8, 4) is 0 Å². The second kappa shape index (κ2) is 8.07. The van der Waals surface area contributed by atoms with Gasteiger partial charge in [0, 0.05) is 18.7 Å². The summed E-state index contributed by atoms with van der Waals surface area (Å²) in [5, 5.41) is 2.72. The van der Waals surface area contributed by atoms with E-state index in [1.807, 2.05) is 32.0 Å². The molecule has 142 valence electrons. The van der Waals surface area contributed by atoms with E-state index in [2.05, 4.69) is 5.32 Å². The zero-order valence-corrected chi connectivity index (χ0v) is 15.4. The zero-order valence-electron chi connectivity index (χ0n) is 15.4. The molecular formula is C20H22N2O5. The summed E-state index contributed by atoms with van der Waals surface area (Å²) in [5.74, 6) is -0.993. The van der Waals surface area contributed by atoms with Gasteiger partial charge in [-0.1, -0.05) is 17.7 Å². The summed E-state index contributed by atoms with van der Waals surface area (Å²) in [6.45, 7) is 4.07. The number of carbonyl (C=O) groups is 3. The van der Waals surface area contributed by atoms with Crippen LogP contribution in [0.1, 0.15) is 23.3 Å². The molecular weight excluding hydrogens is 348 g/mol. The van der Waals surface area contributed by atoms with E-state index < -0.39 is 17.8 Å². The van der Waals surface area contributed by atoms with Crippen LogP contribution in [0.5, 0.6) is 0 Å². The molecule has 1 fully saturated rings. The van der Waals surface area contributed by atoms with Crippen LogP contribution in [0.4, 0.5) is 5.69 Å². The number of nitrogens with zero attached hydrogens (tertiary/aromatic N) is 1. The second-order valence-corrected chi connectivity index (χ2v) is 6.73. The number of hydrogen-bond donors (Lipinski definition) is 1. The van der Waals surface area contributed by atoms with E-state index in [9.17, 15) is 14.4 Å². The minimum Gasteiger partial charge on any atom is -0.467 e. The molecule has 3 rings (SSSR count). The van der Waals surface area contributed by atoms with Crippen LogP contribution in [0.3, 0.4) is 0 Å². The fourth-order valence-electron chi connectivity index (χ4n) is 3.07. The van der Waals surface area contributed by atoms with E-state index in [1.54, 1.807) is 17.0 Å². The van der Waals surface area contributed by atoms with Crippen molar-refractivity contribution in [1.82, 2.24) is 4.90 Å². The Balaban J connectivity index is 1.47. The molecule has 7 nitrogen and oxygen atoms in total. The number of carbonyl (C=O) groups excluding carboxylic acids is 3. The van der Waals surface area contributed by atoms with Crippen LogP contribution in [0.2, 0.25) is 0 Å². The highest BCUT2D eigenvalue weighted by molar-refractivity contribution is 5.94. The molecule has 1 aromatic carbocycles. The molecule has 1 aliphatic rings. The lowest BCUT2D eigenvalue weighted by Crippen LogP contribution is -2.28. The monoisotopic (exact) mass is 370 g/mol. The number of benzene rings is 1. The lowest BCUT2D eigenvalue weighted by atomic mass is 10.1. The minimum absolute atomic E-state index is 0.0816. The van der Waals surface area contributed by atoms with Crippen molar-refractivity contribution in [1.29, 1.82) is 0 Å². The molecule has 0 radical (unpaired) electrons. The second-order valence-electron chi connectivity index (χ2n) is 6.73. The fraction of sp³-hybridized carbons (Fsp3) is 0.350. The number of furan rings is 1. The molecule has 27 heavy (non-hydrogen) atoms. The topological polar surface area (TPSA) is 88.8 Å². The number of nitrogens with one attached hydrogen (secondary N) is 1. The fourth-order valence-corrected chi connectivity index (χ4v) is 3.07. The largest absolute Gasteiger partial charge is 0.467 e. The first-order valence-electron chi connectivity index (χ1n) is 8.76. The predicted molar refractivity (Wildman–Crippen MR) is 97.7 cm³/mol. The van der Waals surface area contributed by atoms with Crippen molar-refractivity contribution >= 4 is 23.5 Å². The van der Waals surface area contributed by atoms with Crippen LogP contribution < -0.4 is 5.32 Å². The molecule has 1 saturated heterocycles. The smallest absolute Gasteiger partial charge is 0.311 e. The summed E-state index contributed by atoms with van der Waals surface area (Å²) in [6, 6.07) is 9.19. The van der Waals surface area contributed by atoms with Crippen LogP contribution >= 0.6 is 0 Å². The van der Waals surface area contributed by atoms with Gasteiger partial charge in [-0.25, -0.2) is 0 Å². The summed E-state index contributed by atoms with van der Waals surface area (Å²) < 4.78 is 10.3. The number of likely N-dealkylation sites (tertiary alicyclic amines) is 1. The van der Waals surface area contributed by atoms with Gasteiger partial charge in [0.2, 0.25) is 5.91 Å². The van der Waals surface area contributed by atoms with E-state index in [1.165, 1.54) is 6.26 Å². The lowest BCUT2D eigenvalue weighted by molar-refractivity contribution is -0.151. The first-order chi connectivity index (χ1) is 12.9. The van der Waals surface area contributed by atoms with Gasteiger partial charge < -0.3 is 19.4 Å². The van der Waals surface area contributed by atoms with E-state index in [-0.39, 0.29) is 25.5 Å². The molecule has 0 saturated carbocycles. The Bertz CT molecular complexity index is 844. The molecule has 0 spiro atoms. The molecule has 1 aliphatic heterocycles. The summed E-state index contributed by atoms with van der Waals surface area (Å²) in [6.07, 6.45) is 1.62. The Morgan fingerprint density at radius 2 is 2.11 bits per heavy atom. The first kappa shape index (κ1) is 18.7. The maximum Gasteiger partial charge on any atom is 0.311 e. The molecule has 0 unspecified atom stereocenters. The molecule has 2 amide bonds. The molecule has 7 heteroatoms. The lowest BCUT2D eigenvalue weighted by Gasteiger charge is -2.15. The highest BCUT2D eigenvalue weighted by Crippen LogP contribution is 2.22. The Kier molecular flexibility index (Phi) is 5.59. The number of hydrogen-bond acceptors (Lipinski definition) is 5. The average Bonchev–Trinajstić information content (AvgIpc) is 3.26. The number of rotatable bonds is 6. The first-order valence-corrected chi connectivity index (χ1v) is 8.76. The van der Waals surface area contributed by atoms with Crippen LogP contribution in [-0.2, 0) is 25.7 Å². The summed E-state index contributed by atoms with van der Waals surface area (Å²) in [5.41, 5.74) is 2.72. The van der Waals surface area contributed by atoms with Gasteiger partial charge in [0.05, 0.1) is 18.7 Å². The maximum absolute atomic E-state index is 12.2. The van der Waals surface area contributed by atoms with E-state index >= 15 is 0 Å². The quantitative estimate of drug-likeness (QED) is 0.789. The van der Waals surface area contributed by atoms with Gasteiger partial charge in [-0.15, -0.1) is 0 Å². The molecule has 2 heterocycles. The number of amides is 2. The minimum atomic E-state index is -0.568. The molecule has 0 bridgehead atoms. The molecule has 1 aromatic heterocycles. The molecule has 1 atom stereocenters. The standard InChI is InChI=1S/C20H22N2O5/c1-13-5-6-17(14(2)8-13)21-18(23)12-27-20(25)15-9-19(24)22(10-15)11-16-4-3-7-26-16/h3-8,15H,9-12H2,1-2H3,(H,21,23)/t15-/m1/s1. The zero-order chi connectivity index (χ0) is 19.4. The van der Waals surface area contributed by atoms with Crippen LogP contribution in [0.25, 0.3) is 0 Å². The Hall–Kier alpha value is -3.09. The van der Waals surface area contributed by atoms with Gasteiger partial charge in [-0.3, -0.25) is 14.4 Å². The number of aryl methyl sites for hydroxylation is 2. The van der Waals surface area contributed by atoms with Crippen LogP contribution in [0, 0.1) is 19.8 Å². The summed E-state index contributed by atoms with van der Waals surface area (Å²) in [4.78, 5) is 37.8. The highest BCUT2D eigenvalue weighted by Gasteiger charge is 2.35. The van der Waals surface area contributed by atoms with Crippen molar-refractivity contribution in [2.75, 3.05) is 18.5 Å². The Morgan fingerprint density at radius 1 is 1.30 bits per heavy atom. The molecule has 2 aromatic rings. The van der Waals surface area contributed by atoms with Crippen molar-refractivity contribution in [2.45, 2.75) is 26.8 Å². The summed E-state index contributed by atoms with van der Waals surface area (Å²) in [7, 11) is 0. The third kappa shape index (κ3) is 4.75. The van der Waals surface area contributed by atoms with Gasteiger partial charge in [0.25, 0.3) is 5.91 Å². The van der Waals surface area contributed by atoms with Gasteiger partial charge >= 0.3 is 5.97 Å². The van der Waals surface area contributed by atoms with E-state index in [0.717, 1.165) is 11.1 Å². The number of esters is 1. The third-order valence-electron chi connectivity index (χ3n) is 4.48. The number of anilines is 1. The molecule has 0 aliphatic carbocycles. The predicted octanol–water partition coefficient (Wildman–Crippen LogP) is 2.43. The van der Waals surface area contributed by atoms with Crippen LogP contribution in [0.15, 0.2) is 41.0 Å². The maximum atomic E-state index is 12.2. The highest BCUT2D eigenvalue weighted by atomic mass is 16.5. The van der Waals surface area contributed by atoms with Crippen LogP contribution in [-0.4, -0.2) is 35.8 Å². The van der Waals surface area contributed by atoms with Crippen molar-refractivity contribution in [3.05, 3.63) is 53.5 Å². The SMILES string of the molecule is Cc1ccc(NC(=O)COC(=O)[C@@H]2CC(=O)N(Cc3ccco3)C2)c(C)c1. The van der Waals surface area contributed by atoms with Gasteiger partial charge in [-0.05, 0) is 37.6 Å². The Morgan fingerprint density at radius 3 is 2.81 bits per heavy atom. The van der Waals surface area contributed by atoms with Gasteiger partial charge in [-0.2, -0.15) is 0 Å². The van der Waals surface area contributed by atoms with E-state index in [4.69, 9.17) is 9.15 Å². The van der Waals surface area contributed by atoms with Crippen molar-refractivity contribution in [2.24, 2.45) is 5.92 Å².